The summed E-state index contributed by atoms with van der Waals surface area (Å²) in [4.78, 5) is 5.44. The summed E-state index contributed by atoms with van der Waals surface area (Å²) in [7, 11) is 0. The summed E-state index contributed by atoms with van der Waals surface area (Å²) in [6.07, 6.45) is 0. The highest BCUT2D eigenvalue weighted by molar-refractivity contribution is 7.99. The number of hydrogen-bond donors (Lipinski definition) is 1. The number of rotatable bonds is 5. The fraction of sp³-hybridized carbons (Fsp3) is 0.353. The van der Waals surface area contributed by atoms with Gasteiger partial charge in [0, 0.05) is 22.2 Å². The third kappa shape index (κ3) is 4.05. The van der Waals surface area contributed by atoms with Gasteiger partial charge < -0.3 is 5.32 Å². The zero-order valence-corrected chi connectivity index (χ0v) is 13.7. The van der Waals surface area contributed by atoms with E-state index in [4.69, 9.17) is 0 Å². The topological polar surface area (TPSA) is 24.9 Å². The summed E-state index contributed by atoms with van der Waals surface area (Å²) in [5, 5.41) is 4.18. The first kappa shape index (κ1) is 16.0. The van der Waals surface area contributed by atoms with Gasteiger partial charge in [0.25, 0.3) is 0 Å². The van der Waals surface area contributed by atoms with E-state index in [9.17, 15) is 4.39 Å². The molecule has 0 spiro atoms. The summed E-state index contributed by atoms with van der Waals surface area (Å²) in [5.74, 6) is -0.169. The molecule has 0 aliphatic carbocycles. The maximum Gasteiger partial charge on any atom is 0.129 e. The third-order valence-corrected chi connectivity index (χ3v) is 4.24. The molecule has 4 heteroatoms. The highest BCUT2D eigenvalue weighted by Gasteiger charge is 2.16. The number of aromatic nitrogens is 1. The zero-order chi connectivity index (χ0) is 15.4. The Kier molecular flexibility index (Phi) is 5.37. The minimum atomic E-state index is -0.169. The molecule has 112 valence electrons. The maximum atomic E-state index is 14.2. The molecule has 1 heterocycles. The molecule has 1 unspecified atom stereocenters. The van der Waals surface area contributed by atoms with Crippen molar-refractivity contribution >= 4 is 11.8 Å². The van der Waals surface area contributed by atoms with Crippen LogP contribution in [0.25, 0.3) is 0 Å². The van der Waals surface area contributed by atoms with Gasteiger partial charge in [0.15, 0.2) is 0 Å². The van der Waals surface area contributed by atoms with Gasteiger partial charge >= 0.3 is 0 Å². The van der Waals surface area contributed by atoms with Crippen LogP contribution in [0.4, 0.5) is 4.39 Å². The Morgan fingerprint density at radius 2 is 2.05 bits per heavy atom. The molecule has 0 fully saturated rings. The number of pyridine rings is 1. The Bertz CT molecular complexity index is 608. The predicted molar refractivity (Wildman–Crippen MR) is 86.3 cm³/mol. The van der Waals surface area contributed by atoms with Gasteiger partial charge in [-0.2, -0.15) is 0 Å². The Labute approximate surface area is 130 Å². The molecule has 2 aromatic rings. The number of hydrogen-bond acceptors (Lipinski definition) is 3. The number of nitrogens with zero attached hydrogens (tertiary/aromatic N) is 1. The molecule has 0 saturated heterocycles. The monoisotopic (exact) mass is 304 g/mol. The number of nitrogens with one attached hydrogen (secondary N) is 1. The average molecular weight is 304 g/mol. The van der Waals surface area contributed by atoms with E-state index in [1.165, 1.54) is 23.4 Å². The molecule has 0 amide bonds. The zero-order valence-electron chi connectivity index (χ0n) is 12.9. The molecule has 1 aromatic heterocycles. The van der Waals surface area contributed by atoms with Crippen LogP contribution >= 0.6 is 11.8 Å². The molecule has 21 heavy (non-hydrogen) atoms. The molecule has 0 aliphatic heterocycles. The van der Waals surface area contributed by atoms with Crippen LogP contribution in [-0.4, -0.2) is 11.5 Å². The van der Waals surface area contributed by atoms with E-state index in [1.807, 2.05) is 45.9 Å². The second kappa shape index (κ2) is 7.05. The van der Waals surface area contributed by atoms with Crippen LogP contribution in [0.3, 0.4) is 0 Å². The van der Waals surface area contributed by atoms with Crippen LogP contribution < -0.4 is 5.32 Å². The summed E-state index contributed by atoms with van der Waals surface area (Å²) in [6, 6.07) is 9.27. The van der Waals surface area contributed by atoms with Gasteiger partial charge in [0.2, 0.25) is 0 Å². The Morgan fingerprint density at radius 1 is 1.29 bits per heavy atom. The fourth-order valence-electron chi connectivity index (χ4n) is 2.40. The van der Waals surface area contributed by atoms with Gasteiger partial charge in [-0.1, -0.05) is 24.8 Å². The lowest BCUT2D eigenvalue weighted by atomic mass is 10.1. The van der Waals surface area contributed by atoms with Gasteiger partial charge in [0.05, 0.1) is 0 Å². The van der Waals surface area contributed by atoms with Crippen molar-refractivity contribution in [3.8, 4) is 0 Å². The molecular formula is C17H21FN2S. The van der Waals surface area contributed by atoms with Crippen molar-refractivity contribution in [1.82, 2.24) is 10.3 Å². The molecule has 2 nitrogen and oxygen atoms in total. The van der Waals surface area contributed by atoms with Gasteiger partial charge in [-0.25, -0.2) is 9.37 Å². The first-order valence-electron chi connectivity index (χ1n) is 7.16. The second-order valence-corrected chi connectivity index (χ2v) is 6.22. The predicted octanol–water partition coefficient (Wildman–Crippen LogP) is 4.66. The highest BCUT2D eigenvalue weighted by atomic mass is 32.2. The first-order valence-corrected chi connectivity index (χ1v) is 7.98. The van der Waals surface area contributed by atoms with Crippen molar-refractivity contribution in [1.29, 1.82) is 0 Å². The molecule has 1 aromatic carbocycles. The SMILES string of the molecule is CCNC(C)c1c(F)cccc1Sc1cc(C)cc(C)n1. The van der Waals surface area contributed by atoms with Crippen molar-refractivity contribution < 1.29 is 4.39 Å². The standard InChI is InChI=1S/C17H21FN2S/c1-5-19-13(4)17-14(18)7-6-8-15(17)21-16-10-11(2)9-12(3)20-16/h6-10,13,19H,5H2,1-4H3. The molecule has 0 bridgehead atoms. The minimum Gasteiger partial charge on any atom is -0.310 e. The third-order valence-electron chi connectivity index (χ3n) is 3.25. The molecule has 1 N–H and O–H groups in total. The van der Waals surface area contributed by atoms with Crippen molar-refractivity contribution in [3.63, 3.8) is 0 Å². The van der Waals surface area contributed by atoms with E-state index in [0.29, 0.717) is 5.56 Å². The van der Waals surface area contributed by atoms with Crippen LogP contribution in [0.5, 0.6) is 0 Å². The Hall–Kier alpha value is -1.39. The fourth-order valence-corrected chi connectivity index (χ4v) is 3.59. The van der Waals surface area contributed by atoms with E-state index < -0.39 is 0 Å². The van der Waals surface area contributed by atoms with Crippen molar-refractivity contribution in [2.75, 3.05) is 6.54 Å². The van der Waals surface area contributed by atoms with Crippen LogP contribution in [0, 0.1) is 19.7 Å². The van der Waals surface area contributed by atoms with Gasteiger partial charge in [-0.05, 0) is 57.1 Å². The lowest BCUT2D eigenvalue weighted by Gasteiger charge is -2.17. The van der Waals surface area contributed by atoms with E-state index >= 15 is 0 Å². The lowest BCUT2D eigenvalue weighted by Crippen LogP contribution is -2.19. The van der Waals surface area contributed by atoms with Gasteiger partial charge in [-0.3, -0.25) is 0 Å². The number of halogens is 1. The smallest absolute Gasteiger partial charge is 0.129 e. The normalized spacial score (nSPS) is 12.4. The lowest BCUT2D eigenvalue weighted by molar-refractivity contribution is 0.531. The van der Waals surface area contributed by atoms with Crippen molar-refractivity contribution in [2.45, 2.75) is 43.7 Å². The molecule has 0 saturated carbocycles. The van der Waals surface area contributed by atoms with E-state index in [2.05, 4.69) is 10.3 Å². The summed E-state index contributed by atoms with van der Waals surface area (Å²) in [6.45, 7) is 8.84. The summed E-state index contributed by atoms with van der Waals surface area (Å²) in [5.41, 5.74) is 2.86. The van der Waals surface area contributed by atoms with E-state index in [0.717, 1.165) is 22.2 Å². The Balaban J connectivity index is 2.37. The molecule has 0 aliphatic rings. The molecule has 1 atom stereocenters. The van der Waals surface area contributed by atoms with Crippen LogP contribution in [0.1, 0.15) is 36.7 Å². The quantitative estimate of drug-likeness (QED) is 0.869. The molecule has 0 radical (unpaired) electrons. The number of benzene rings is 1. The van der Waals surface area contributed by atoms with Gasteiger partial charge in [0.1, 0.15) is 10.8 Å². The van der Waals surface area contributed by atoms with Crippen LogP contribution in [0.15, 0.2) is 40.3 Å². The summed E-state index contributed by atoms with van der Waals surface area (Å²) >= 11 is 1.52. The van der Waals surface area contributed by atoms with Crippen LogP contribution in [-0.2, 0) is 0 Å². The summed E-state index contributed by atoms with van der Waals surface area (Å²) < 4.78 is 14.2. The van der Waals surface area contributed by atoms with Gasteiger partial charge in [-0.15, -0.1) is 0 Å². The number of aryl methyl sites for hydroxylation is 2. The average Bonchev–Trinajstić information content (AvgIpc) is 2.37. The highest BCUT2D eigenvalue weighted by Crippen LogP contribution is 2.34. The first-order chi connectivity index (χ1) is 10.0. The van der Waals surface area contributed by atoms with E-state index in [-0.39, 0.29) is 11.9 Å². The van der Waals surface area contributed by atoms with E-state index in [1.54, 1.807) is 6.07 Å². The Morgan fingerprint density at radius 3 is 2.71 bits per heavy atom. The van der Waals surface area contributed by atoms with Crippen molar-refractivity contribution in [2.24, 2.45) is 0 Å². The largest absolute Gasteiger partial charge is 0.310 e. The second-order valence-electron chi connectivity index (χ2n) is 5.16. The minimum absolute atomic E-state index is 0.0235. The van der Waals surface area contributed by atoms with Crippen molar-refractivity contribution in [3.05, 3.63) is 53.0 Å². The molecule has 2 rings (SSSR count). The maximum absolute atomic E-state index is 14.2. The molecular weight excluding hydrogens is 283 g/mol. The van der Waals surface area contributed by atoms with Crippen LogP contribution in [0.2, 0.25) is 0 Å².